The molecule has 0 heterocycles. The summed E-state index contributed by atoms with van der Waals surface area (Å²) in [4.78, 5) is 0. The molecular weight excluding hydrogens is 400 g/mol. The molecule has 3 aliphatic rings. The first kappa shape index (κ1) is 25.7. The molecule has 0 spiro atoms. The van der Waals surface area contributed by atoms with Crippen molar-refractivity contribution in [1.82, 2.24) is 0 Å². The van der Waals surface area contributed by atoms with E-state index in [1.165, 1.54) is 31.3 Å². The molecule has 0 aromatic carbocycles. The molecule has 7 atom stereocenters. The molecular formula is C28H46O4. The van der Waals surface area contributed by atoms with E-state index in [2.05, 4.69) is 46.4 Å². The summed E-state index contributed by atoms with van der Waals surface area (Å²) in [6.45, 7) is 13.4. The van der Waals surface area contributed by atoms with E-state index in [1.807, 2.05) is 0 Å². The van der Waals surface area contributed by atoms with Crippen LogP contribution < -0.4 is 0 Å². The SMILES string of the molecule is C=C1/C(=C\C=C2/CCC[C@@]3(C)C2CC[C@@H]3[C@H](C)OC[C@@H](O)C(CC)CC)C[C@@H](O)C[C@@H]1O. The van der Waals surface area contributed by atoms with E-state index in [-0.39, 0.29) is 17.6 Å². The number of aliphatic hydroxyl groups excluding tert-OH is 3. The van der Waals surface area contributed by atoms with Crippen LogP contribution in [0.2, 0.25) is 0 Å². The van der Waals surface area contributed by atoms with Crippen LogP contribution in [-0.2, 0) is 4.74 Å². The molecule has 3 N–H and O–H groups in total. The number of rotatable bonds is 8. The number of aliphatic hydroxyl groups is 3. The molecule has 3 aliphatic carbocycles. The zero-order chi connectivity index (χ0) is 23.5. The summed E-state index contributed by atoms with van der Waals surface area (Å²) in [5.74, 6) is 1.38. The smallest absolute Gasteiger partial charge is 0.0811 e. The minimum absolute atomic E-state index is 0.148. The van der Waals surface area contributed by atoms with E-state index in [1.54, 1.807) is 0 Å². The molecule has 0 bridgehead atoms. The lowest BCUT2D eigenvalue weighted by molar-refractivity contribution is -0.0691. The Morgan fingerprint density at radius 1 is 1.19 bits per heavy atom. The molecule has 4 heteroatoms. The predicted molar refractivity (Wildman–Crippen MR) is 130 cm³/mol. The van der Waals surface area contributed by atoms with E-state index >= 15 is 0 Å². The van der Waals surface area contributed by atoms with Gasteiger partial charge in [-0.3, -0.25) is 0 Å². The van der Waals surface area contributed by atoms with Gasteiger partial charge in [0.25, 0.3) is 0 Å². The lowest BCUT2D eigenvalue weighted by Gasteiger charge is -2.44. The summed E-state index contributed by atoms with van der Waals surface area (Å²) in [5.41, 5.74) is 3.47. The molecule has 0 aromatic heterocycles. The van der Waals surface area contributed by atoms with Crippen LogP contribution in [0.25, 0.3) is 0 Å². The largest absolute Gasteiger partial charge is 0.393 e. The lowest BCUT2D eigenvalue weighted by Crippen LogP contribution is -2.40. The van der Waals surface area contributed by atoms with Crippen molar-refractivity contribution in [3.63, 3.8) is 0 Å². The Labute approximate surface area is 195 Å². The normalized spacial score (nSPS) is 37.8. The average molecular weight is 447 g/mol. The Balaban J connectivity index is 1.68. The molecule has 182 valence electrons. The molecule has 3 fully saturated rings. The van der Waals surface area contributed by atoms with Crippen molar-refractivity contribution in [3.8, 4) is 0 Å². The van der Waals surface area contributed by atoms with Gasteiger partial charge in [-0.05, 0) is 79.8 Å². The van der Waals surface area contributed by atoms with Crippen molar-refractivity contribution in [3.05, 3.63) is 35.5 Å². The third-order valence-electron chi connectivity index (χ3n) is 8.99. The van der Waals surface area contributed by atoms with Gasteiger partial charge in [-0.2, -0.15) is 0 Å². The molecule has 0 aromatic rings. The Morgan fingerprint density at radius 2 is 1.91 bits per heavy atom. The van der Waals surface area contributed by atoms with Gasteiger partial charge in [0, 0.05) is 6.42 Å². The zero-order valence-corrected chi connectivity index (χ0v) is 20.7. The molecule has 4 nitrogen and oxygen atoms in total. The van der Waals surface area contributed by atoms with Crippen LogP contribution in [0.5, 0.6) is 0 Å². The molecule has 0 aliphatic heterocycles. The summed E-state index contributed by atoms with van der Waals surface area (Å²) in [6.07, 6.45) is 11.9. The zero-order valence-electron chi connectivity index (χ0n) is 20.7. The van der Waals surface area contributed by atoms with Crippen molar-refractivity contribution in [2.45, 2.75) is 110 Å². The Morgan fingerprint density at radius 3 is 2.59 bits per heavy atom. The van der Waals surface area contributed by atoms with Gasteiger partial charge in [0.1, 0.15) is 0 Å². The van der Waals surface area contributed by atoms with Gasteiger partial charge in [0.15, 0.2) is 0 Å². The summed E-state index contributed by atoms with van der Waals surface area (Å²) >= 11 is 0. The van der Waals surface area contributed by atoms with E-state index in [4.69, 9.17) is 4.74 Å². The maximum absolute atomic E-state index is 10.5. The highest BCUT2D eigenvalue weighted by Gasteiger charge is 2.51. The highest BCUT2D eigenvalue weighted by Crippen LogP contribution is 2.58. The van der Waals surface area contributed by atoms with Crippen LogP contribution in [0, 0.1) is 23.2 Å². The maximum atomic E-state index is 10.5. The van der Waals surface area contributed by atoms with E-state index in [9.17, 15) is 15.3 Å². The third kappa shape index (κ3) is 5.41. The van der Waals surface area contributed by atoms with Crippen LogP contribution in [0.4, 0.5) is 0 Å². The second-order valence-electron chi connectivity index (χ2n) is 10.8. The lowest BCUT2D eigenvalue weighted by atomic mass is 9.62. The Bertz CT molecular complexity index is 706. The van der Waals surface area contributed by atoms with E-state index in [0.29, 0.717) is 37.2 Å². The number of allylic oxidation sites excluding steroid dienone is 3. The summed E-state index contributed by atoms with van der Waals surface area (Å²) in [7, 11) is 0. The minimum Gasteiger partial charge on any atom is -0.393 e. The number of fused-ring (bicyclic) bond motifs is 1. The summed E-state index contributed by atoms with van der Waals surface area (Å²) < 4.78 is 6.27. The predicted octanol–water partition coefficient (Wildman–Crippen LogP) is 5.33. The number of ether oxygens (including phenoxy) is 1. The molecule has 0 amide bonds. The Kier molecular flexibility index (Phi) is 8.82. The number of hydrogen-bond donors (Lipinski definition) is 3. The van der Waals surface area contributed by atoms with Crippen molar-refractivity contribution in [2.24, 2.45) is 23.2 Å². The summed E-state index contributed by atoms with van der Waals surface area (Å²) in [5, 5.41) is 30.7. The molecule has 32 heavy (non-hydrogen) atoms. The topological polar surface area (TPSA) is 69.9 Å². The summed E-state index contributed by atoms with van der Waals surface area (Å²) in [6, 6.07) is 0. The third-order valence-corrected chi connectivity index (χ3v) is 8.99. The van der Waals surface area contributed by atoms with Gasteiger partial charge in [-0.15, -0.1) is 0 Å². The van der Waals surface area contributed by atoms with Crippen molar-refractivity contribution >= 4 is 0 Å². The van der Waals surface area contributed by atoms with Crippen molar-refractivity contribution < 1.29 is 20.1 Å². The van der Waals surface area contributed by atoms with Gasteiger partial charge in [0.2, 0.25) is 0 Å². The van der Waals surface area contributed by atoms with Gasteiger partial charge in [-0.1, -0.05) is 57.9 Å². The monoisotopic (exact) mass is 446 g/mol. The first-order valence-corrected chi connectivity index (χ1v) is 13.0. The fourth-order valence-corrected chi connectivity index (χ4v) is 6.85. The molecule has 3 saturated carbocycles. The van der Waals surface area contributed by atoms with Crippen LogP contribution in [0.15, 0.2) is 35.5 Å². The highest BCUT2D eigenvalue weighted by molar-refractivity contribution is 5.38. The van der Waals surface area contributed by atoms with Crippen LogP contribution in [0.1, 0.15) is 85.5 Å². The quantitative estimate of drug-likeness (QED) is 0.471. The molecule has 1 unspecified atom stereocenters. The average Bonchev–Trinajstić information content (AvgIpc) is 3.12. The second kappa shape index (κ2) is 11.0. The van der Waals surface area contributed by atoms with Crippen molar-refractivity contribution in [2.75, 3.05) is 6.61 Å². The van der Waals surface area contributed by atoms with Crippen molar-refractivity contribution in [1.29, 1.82) is 0 Å². The number of hydrogen-bond acceptors (Lipinski definition) is 4. The van der Waals surface area contributed by atoms with Gasteiger partial charge < -0.3 is 20.1 Å². The Hall–Kier alpha value is -0.940. The van der Waals surface area contributed by atoms with Gasteiger partial charge in [0.05, 0.1) is 31.0 Å². The van der Waals surface area contributed by atoms with Gasteiger partial charge >= 0.3 is 0 Å². The van der Waals surface area contributed by atoms with Crippen LogP contribution >= 0.6 is 0 Å². The van der Waals surface area contributed by atoms with Gasteiger partial charge in [-0.25, -0.2) is 0 Å². The highest BCUT2D eigenvalue weighted by atomic mass is 16.5. The van der Waals surface area contributed by atoms with E-state index in [0.717, 1.165) is 30.4 Å². The fraction of sp³-hybridized carbons (Fsp3) is 0.786. The second-order valence-corrected chi connectivity index (χ2v) is 10.8. The van der Waals surface area contributed by atoms with E-state index < -0.39 is 12.2 Å². The first-order valence-electron chi connectivity index (χ1n) is 13.0. The first-order chi connectivity index (χ1) is 15.2. The fourth-order valence-electron chi connectivity index (χ4n) is 6.85. The van der Waals surface area contributed by atoms with Crippen LogP contribution in [0.3, 0.4) is 0 Å². The van der Waals surface area contributed by atoms with Crippen LogP contribution in [-0.4, -0.2) is 46.3 Å². The molecule has 0 saturated heterocycles. The minimum atomic E-state index is -0.635. The standard InChI is InChI=1S/C28H46O4/c1-6-20(7-2)27(31)17-32-19(4)24-12-13-25-21(9-8-14-28(24,25)5)10-11-22-15-23(29)16-26(30)18(22)3/h10-11,19-20,23-27,29-31H,3,6-9,12-17H2,1-2,4-5H3/b21-10+,22-11-/t19-,23+,24+,25?,26-,27+,28+/m0/s1. The molecule has 3 rings (SSSR count). The maximum Gasteiger partial charge on any atom is 0.0811 e. The molecule has 0 radical (unpaired) electrons.